The van der Waals surface area contributed by atoms with Gasteiger partial charge in [-0.1, -0.05) is 26.7 Å². The molecular weight excluding hydrogens is 166 g/mol. The van der Waals surface area contributed by atoms with Gasteiger partial charge >= 0.3 is 0 Å². The largest absolute Gasteiger partial charge is 0.369 e. The Labute approximate surface area is 80.3 Å². The normalized spacial score (nSPS) is 17.9. The van der Waals surface area contributed by atoms with Crippen LogP contribution >= 0.6 is 0 Å². The first-order valence-corrected chi connectivity index (χ1v) is 4.99. The van der Waals surface area contributed by atoms with E-state index in [-0.39, 0.29) is 11.7 Å². The van der Waals surface area contributed by atoms with Gasteiger partial charge < -0.3 is 5.11 Å². The Bertz CT molecular complexity index is 161. The summed E-state index contributed by atoms with van der Waals surface area (Å²) in [4.78, 5) is 11.5. The highest BCUT2D eigenvalue weighted by Crippen LogP contribution is 2.17. The van der Waals surface area contributed by atoms with E-state index < -0.39 is 5.72 Å². The number of nitrogens with two attached hydrogens (primary N) is 1. The molecule has 0 aromatic heterocycles. The Hall–Kier alpha value is -0.410. The highest BCUT2D eigenvalue weighted by Gasteiger charge is 2.30. The monoisotopic (exact) mass is 187 g/mol. The summed E-state index contributed by atoms with van der Waals surface area (Å²) in [5.74, 6) is -0.316. The fourth-order valence-electron chi connectivity index (χ4n) is 1.38. The summed E-state index contributed by atoms with van der Waals surface area (Å²) < 4.78 is 0. The molecule has 13 heavy (non-hydrogen) atoms. The minimum absolute atomic E-state index is 0.0834. The van der Waals surface area contributed by atoms with Crippen molar-refractivity contribution in [2.75, 3.05) is 0 Å². The quantitative estimate of drug-likeness (QED) is 0.618. The van der Waals surface area contributed by atoms with Crippen molar-refractivity contribution < 1.29 is 9.90 Å². The van der Waals surface area contributed by atoms with E-state index in [1.54, 1.807) is 0 Å². The molecule has 0 heterocycles. The van der Waals surface area contributed by atoms with E-state index in [2.05, 4.69) is 6.92 Å². The molecule has 0 saturated carbocycles. The van der Waals surface area contributed by atoms with Crippen LogP contribution < -0.4 is 5.73 Å². The lowest BCUT2D eigenvalue weighted by Crippen LogP contribution is -2.47. The second kappa shape index (κ2) is 5.35. The Morgan fingerprint density at radius 3 is 2.38 bits per heavy atom. The summed E-state index contributed by atoms with van der Waals surface area (Å²) in [5, 5.41) is 9.32. The third-order valence-corrected chi connectivity index (χ3v) is 2.27. The number of carbonyl (C=O) groups excluding carboxylic acids is 1. The molecule has 3 heteroatoms. The Morgan fingerprint density at radius 1 is 1.54 bits per heavy atom. The molecule has 0 spiro atoms. The number of rotatable bonds is 6. The maximum Gasteiger partial charge on any atom is 0.181 e. The predicted molar refractivity (Wildman–Crippen MR) is 53.1 cm³/mol. The molecule has 2 atom stereocenters. The molecule has 0 bridgehead atoms. The van der Waals surface area contributed by atoms with Gasteiger partial charge in [-0.05, 0) is 19.8 Å². The van der Waals surface area contributed by atoms with Gasteiger partial charge in [-0.3, -0.25) is 10.5 Å². The van der Waals surface area contributed by atoms with Gasteiger partial charge in [0.05, 0.1) is 0 Å². The lowest BCUT2D eigenvalue weighted by atomic mass is 9.90. The van der Waals surface area contributed by atoms with Gasteiger partial charge in [0.2, 0.25) is 0 Å². The zero-order valence-corrected chi connectivity index (χ0v) is 8.84. The molecule has 0 saturated heterocycles. The van der Waals surface area contributed by atoms with Crippen molar-refractivity contribution in [3.8, 4) is 0 Å². The van der Waals surface area contributed by atoms with Crippen LogP contribution in [-0.4, -0.2) is 16.6 Å². The van der Waals surface area contributed by atoms with Gasteiger partial charge in [-0.2, -0.15) is 0 Å². The van der Waals surface area contributed by atoms with Crippen LogP contribution in [0.25, 0.3) is 0 Å². The lowest BCUT2D eigenvalue weighted by molar-refractivity contribution is -0.139. The van der Waals surface area contributed by atoms with E-state index >= 15 is 0 Å². The average Bonchev–Trinajstić information content (AvgIpc) is 2.04. The zero-order chi connectivity index (χ0) is 10.5. The number of unbranched alkanes of at least 4 members (excludes halogenated alkanes) is 1. The first kappa shape index (κ1) is 12.6. The molecule has 3 N–H and O–H groups in total. The smallest absolute Gasteiger partial charge is 0.181 e. The van der Waals surface area contributed by atoms with Crippen LogP contribution in [0.3, 0.4) is 0 Å². The molecule has 3 nitrogen and oxygen atoms in total. The van der Waals surface area contributed by atoms with E-state index in [0.29, 0.717) is 0 Å². The van der Waals surface area contributed by atoms with Crippen LogP contribution in [0, 0.1) is 5.92 Å². The molecule has 0 rings (SSSR count). The van der Waals surface area contributed by atoms with E-state index in [0.717, 1.165) is 25.7 Å². The molecule has 0 aliphatic rings. The molecule has 0 aromatic carbocycles. The number of Topliss-reactive ketones (excluding diaryl/α,β-unsaturated/α-hetero) is 1. The Kier molecular flexibility index (Phi) is 5.18. The molecular formula is C10H21NO2. The summed E-state index contributed by atoms with van der Waals surface area (Å²) >= 11 is 0. The molecule has 0 aliphatic heterocycles. The number of hydrogen-bond acceptors (Lipinski definition) is 3. The Morgan fingerprint density at radius 2 is 2.08 bits per heavy atom. The zero-order valence-electron chi connectivity index (χ0n) is 8.84. The molecule has 0 aliphatic carbocycles. The number of hydrogen-bond donors (Lipinski definition) is 2. The summed E-state index contributed by atoms with van der Waals surface area (Å²) in [6.07, 6.45) is 3.67. The second-order valence-corrected chi connectivity index (χ2v) is 3.76. The third kappa shape index (κ3) is 4.39. The first-order chi connectivity index (χ1) is 5.93. The molecule has 0 aromatic rings. The lowest BCUT2D eigenvalue weighted by Gasteiger charge is -2.22. The fourth-order valence-corrected chi connectivity index (χ4v) is 1.38. The van der Waals surface area contributed by atoms with Crippen LogP contribution in [0.1, 0.15) is 46.5 Å². The highest BCUT2D eigenvalue weighted by molar-refractivity contribution is 5.88. The van der Waals surface area contributed by atoms with Gasteiger partial charge in [0.25, 0.3) is 0 Å². The predicted octanol–water partition coefficient (Wildman–Crippen LogP) is 1.44. The van der Waals surface area contributed by atoms with Crippen molar-refractivity contribution in [3.05, 3.63) is 0 Å². The van der Waals surface area contributed by atoms with E-state index in [4.69, 9.17) is 5.73 Å². The Balaban J connectivity index is 4.16. The maximum absolute atomic E-state index is 11.5. The van der Waals surface area contributed by atoms with Crippen molar-refractivity contribution >= 4 is 5.78 Å². The van der Waals surface area contributed by atoms with Crippen LogP contribution in [0.4, 0.5) is 0 Å². The van der Waals surface area contributed by atoms with E-state index in [1.165, 1.54) is 6.92 Å². The van der Waals surface area contributed by atoms with Crippen molar-refractivity contribution in [1.29, 1.82) is 0 Å². The summed E-state index contributed by atoms with van der Waals surface area (Å²) in [7, 11) is 0. The first-order valence-electron chi connectivity index (χ1n) is 4.99. The summed E-state index contributed by atoms with van der Waals surface area (Å²) in [6.45, 7) is 5.38. The van der Waals surface area contributed by atoms with Gasteiger partial charge in [0, 0.05) is 5.92 Å². The maximum atomic E-state index is 11.5. The molecule has 0 fully saturated rings. The second-order valence-electron chi connectivity index (χ2n) is 3.76. The molecule has 0 amide bonds. The van der Waals surface area contributed by atoms with Crippen LogP contribution in [0.2, 0.25) is 0 Å². The highest BCUT2D eigenvalue weighted by atomic mass is 16.3. The van der Waals surface area contributed by atoms with Crippen LogP contribution in [0.5, 0.6) is 0 Å². The van der Waals surface area contributed by atoms with Gasteiger partial charge in [-0.25, -0.2) is 0 Å². The van der Waals surface area contributed by atoms with Gasteiger partial charge in [0.15, 0.2) is 11.5 Å². The molecule has 0 radical (unpaired) electrons. The minimum atomic E-state index is -1.66. The SMILES string of the molecule is CCCC[C@H](CC)C(=O)C(C)(N)O. The van der Waals surface area contributed by atoms with Crippen molar-refractivity contribution in [3.63, 3.8) is 0 Å². The molecule has 78 valence electrons. The summed E-state index contributed by atoms with van der Waals surface area (Å²) in [5.41, 5.74) is 3.67. The number of aliphatic hydroxyl groups is 1. The average molecular weight is 187 g/mol. The van der Waals surface area contributed by atoms with Crippen LogP contribution in [-0.2, 0) is 4.79 Å². The topological polar surface area (TPSA) is 63.3 Å². The van der Waals surface area contributed by atoms with Gasteiger partial charge in [0.1, 0.15) is 0 Å². The number of ketones is 1. The summed E-state index contributed by atoms with van der Waals surface area (Å²) in [6, 6.07) is 0. The molecule has 1 unspecified atom stereocenters. The van der Waals surface area contributed by atoms with Crippen molar-refractivity contribution in [2.24, 2.45) is 11.7 Å². The minimum Gasteiger partial charge on any atom is -0.369 e. The van der Waals surface area contributed by atoms with Gasteiger partial charge in [-0.15, -0.1) is 0 Å². The van der Waals surface area contributed by atoms with E-state index in [9.17, 15) is 9.90 Å². The van der Waals surface area contributed by atoms with Crippen LogP contribution in [0.15, 0.2) is 0 Å². The van der Waals surface area contributed by atoms with Crippen molar-refractivity contribution in [2.45, 2.75) is 52.2 Å². The fraction of sp³-hybridized carbons (Fsp3) is 0.900. The number of carbonyl (C=O) groups is 1. The van der Waals surface area contributed by atoms with Crippen molar-refractivity contribution in [1.82, 2.24) is 0 Å². The third-order valence-electron chi connectivity index (χ3n) is 2.27. The van der Waals surface area contributed by atoms with E-state index in [1.807, 2.05) is 6.92 Å². The standard InChI is InChI=1S/C10H21NO2/c1-4-6-7-8(5-2)9(12)10(3,11)13/h8,13H,4-7,11H2,1-3H3/t8-,10?/m0/s1.